The maximum Gasteiger partial charge on any atom is 0.271 e. The number of rotatable bonds is 5. The van der Waals surface area contributed by atoms with E-state index in [9.17, 15) is 14.4 Å². The molecule has 0 atom stereocenters. The van der Waals surface area contributed by atoms with E-state index in [2.05, 4.69) is 20.9 Å². The highest BCUT2D eigenvalue weighted by atomic mass is 16.2. The molecule has 3 aromatic rings. The van der Waals surface area contributed by atoms with Crippen LogP contribution in [0.1, 0.15) is 35.2 Å². The number of fused-ring (bicyclic) bond motifs is 1. The van der Waals surface area contributed by atoms with Crippen molar-refractivity contribution in [3.05, 3.63) is 71.9 Å². The largest absolute Gasteiger partial charge is 0.360 e. The van der Waals surface area contributed by atoms with Gasteiger partial charge >= 0.3 is 0 Å². The third-order valence-electron chi connectivity index (χ3n) is 4.91. The monoisotopic (exact) mass is 403 g/mol. The number of nitrogens with zero attached hydrogens (tertiary/aromatic N) is 2. The summed E-state index contributed by atoms with van der Waals surface area (Å²) in [5, 5.41) is 6.54. The van der Waals surface area contributed by atoms with Gasteiger partial charge in [0, 0.05) is 36.4 Å². The van der Waals surface area contributed by atoms with Gasteiger partial charge in [-0.05, 0) is 11.6 Å². The first-order valence-corrected chi connectivity index (χ1v) is 9.70. The van der Waals surface area contributed by atoms with Crippen molar-refractivity contribution in [3.8, 4) is 0 Å². The van der Waals surface area contributed by atoms with Crippen molar-refractivity contribution >= 4 is 34.3 Å². The van der Waals surface area contributed by atoms with Gasteiger partial charge in [-0.2, -0.15) is 5.10 Å². The Morgan fingerprint density at radius 1 is 0.967 bits per heavy atom. The summed E-state index contributed by atoms with van der Waals surface area (Å²) in [6, 6.07) is 17.1. The smallest absolute Gasteiger partial charge is 0.271 e. The molecule has 0 bridgehead atoms. The minimum Gasteiger partial charge on any atom is -0.360 e. The number of hydrogen-bond donors (Lipinski definition) is 3. The van der Waals surface area contributed by atoms with Crippen LogP contribution in [0.3, 0.4) is 0 Å². The zero-order valence-corrected chi connectivity index (χ0v) is 16.2. The van der Waals surface area contributed by atoms with Crippen LogP contribution < -0.4 is 10.9 Å². The number of aromatic amines is 1. The van der Waals surface area contributed by atoms with E-state index < -0.39 is 11.8 Å². The molecule has 3 N–H and O–H groups in total. The average molecular weight is 403 g/mol. The van der Waals surface area contributed by atoms with E-state index in [0.717, 1.165) is 22.2 Å². The third kappa shape index (κ3) is 4.22. The highest BCUT2D eigenvalue weighted by molar-refractivity contribution is 6.07. The number of hydrogen-bond acceptors (Lipinski definition) is 4. The summed E-state index contributed by atoms with van der Waals surface area (Å²) in [6.07, 6.45) is 2.24. The maximum absolute atomic E-state index is 12.3. The van der Waals surface area contributed by atoms with E-state index in [1.54, 1.807) is 6.20 Å². The quantitative estimate of drug-likeness (QED) is 0.569. The highest BCUT2D eigenvalue weighted by Gasteiger charge is 2.22. The molecule has 4 rings (SSSR count). The van der Waals surface area contributed by atoms with Gasteiger partial charge in [0.1, 0.15) is 0 Å². The number of hydrazone groups is 1. The molecule has 1 aliphatic rings. The number of carbonyl (C=O) groups excluding carboxylic acids is 3. The first-order chi connectivity index (χ1) is 14.6. The van der Waals surface area contributed by atoms with Crippen LogP contribution in [-0.2, 0) is 9.59 Å². The summed E-state index contributed by atoms with van der Waals surface area (Å²) in [6.45, 7) is 0.502. The van der Waals surface area contributed by atoms with Gasteiger partial charge in [0.15, 0.2) is 0 Å². The Balaban J connectivity index is 1.25. The molecule has 0 saturated carbocycles. The number of amides is 3. The van der Waals surface area contributed by atoms with E-state index >= 15 is 0 Å². The number of aromatic nitrogens is 1. The van der Waals surface area contributed by atoms with Crippen molar-refractivity contribution in [2.24, 2.45) is 5.10 Å². The molecule has 1 aliphatic heterocycles. The SMILES string of the molecule is O=C(CCC(=O)N1CCC(c2ccccc2)=N1)NNC(=O)c1c[nH]c2ccccc12. The summed E-state index contributed by atoms with van der Waals surface area (Å²) >= 11 is 0. The summed E-state index contributed by atoms with van der Waals surface area (Å²) in [5.41, 5.74) is 7.86. The molecule has 152 valence electrons. The van der Waals surface area contributed by atoms with E-state index in [0.29, 0.717) is 18.5 Å². The second kappa shape index (κ2) is 8.60. The summed E-state index contributed by atoms with van der Waals surface area (Å²) in [5.74, 6) is -1.09. The van der Waals surface area contributed by atoms with Crippen LogP contribution in [0.15, 0.2) is 65.9 Å². The van der Waals surface area contributed by atoms with Crippen molar-refractivity contribution in [2.75, 3.05) is 6.54 Å². The number of carbonyl (C=O) groups is 3. The zero-order valence-electron chi connectivity index (χ0n) is 16.2. The van der Waals surface area contributed by atoms with E-state index in [1.807, 2.05) is 54.6 Å². The summed E-state index contributed by atoms with van der Waals surface area (Å²) < 4.78 is 0. The van der Waals surface area contributed by atoms with Crippen molar-refractivity contribution in [2.45, 2.75) is 19.3 Å². The van der Waals surface area contributed by atoms with Gasteiger partial charge in [-0.25, -0.2) is 5.01 Å². The molecule has 0 aliphatic carbocycles. The van der Waals surface area contributed by atoms with E-state index in [-0.39, 0.29) is 18.7 Å². The lowest BCUT2D eigenvalue weighted by Gasteiger charge is -2.11. The van der Waals surface area contributed by atoms with Crippen LogP contribution in [-0.4, -0.2) is 40.0 Å². The standard InChI is InChI=1S/C22H21N5O3/c28-20(24-25-22(30)17-14-23-19-9-5-4-8-16(17)19)10-11-21(29)27-13-12-18(26-27)15-6-2-1-3-7-15/h1-9,14,23H,10-13H2,(H,24,28)(H,25,30). The first-order valence-electron chi connectivity index (χ1n) is 9.70. The predicted octanol–water partition coefficient (Wildman–Crippen LogP) is 2.35. The molecular formula is C22H21N5O3. The van der Waals surface area contributed by atoms with Gasteiger partial charge in [-0.1, -0.05) is 48.5 Å². The number of hydrazine groups is 1. The highest BCUT2D eigenvalue weighted by Crippen LogP contribution is 2.17. The van der Waals surface area contributed by atoms with Crippen molar-refractivity contribution < 1.29 is 14.4 Å². The van der Waals surface area contributed by atoms with Crippen molar-refractivity contribution in [1.29, 1.82) is 0 Å². The fourth-order valence-electron chi connectivity index (χ4n) is 3.34. The number of para-hydroxylation sites is 1. The van der Waals surface area contributed by atoms with Crippen LogP contribution in [0, 0.1) is 0 Å². The molecule has 8 heteroatoms. The zero-order chi connectivity index (χ0) is 20.9. The fraction of sp³-hybridized carbons (Fsp3) is 0.182. The lowest BCUT2D eigenvalue weighted by Crippen LogP contribution is -2.41. The van der Waals surface area contributed by atoms with Crippen molar-refractivity contribution in [1.82, 2.24) is 20.8 Å². The Hall–Kier alpha value is -3.94. The number of benzene rings is 2. The van der Waals surface area contributed by atoms with E-state index in [1.165, 1.54) is 5.01 Å². The van der Waals surface area contributed by atoms with Gasteiger partial charge in [-0.15, -0.1) is 0 Å². The molecule has 2 heterocycles. The lowest BCUT2D eigenvalue weighted by atomic mass is 10.1. The summed E-state index contributed by atoms with van der Waals surface area (Å²) in [7, 11) is 0. The maximum atomic E-state index is 12.3. The molecule has 3 amide bonds. The van der Waals surface area contributed by atoms with Crippen LogP contribution in [0.5, 0.6) is 0 Å². The van der Waals surface area contributed by atoms with Gasteiger partial charge in [0.05, 0.1) is 17.8 Å². The molecule has 0 saturated heterocycles. The van der Waals surface area contributed by atoms with Crippen LogP contribution in [0.25, 0.3) is 10.9 Å². The Kier molecular flexibility index (Phi) is 5.56. The molecule has 0 unspecified atom stereocenters. The van der Waals surface area contributed by atoms with Crippen LogP contribution >= 0.6 is 0 Å². The van der Waals surface area contributed by atoms with Gasteiger partial charge in [-0.3, -0.25) is 25.2 Å². The molecule has 8 nitrogen and oxygen atoms in total. The second-order valence-corrected chi connectivity index (χ2v) is 6.93. The Morgan fingerprint density at radius 2 is 1.73 bits per heavy atom. The van der Waals surface area contributed by atoms with Gasteiger partial charge < -0.3 is 4.98 Å². The topological polar surface area (TPSA) is 107 Å². The summed E-state index contributed by atoms with van der Waals surface area (Å²) in [4.78, 5) is 39.7. The second-order valence-electron chi connectivity index (χ2n) is 6.93. The molecule has 30 heavy (non-hydrogen) atoms. The molecule has 2 aromatic carbocycles. The number of nitrogens with one attached hydrogen (secondary N) is 3. The van der Waals surface area contributed by atoms with Gasteiger partial charge in [0.2, 0.25) is 11.8 Å². The van der Waals surface area contributed by atoms with Gasteiger partial charge in [0.25, 0.3) is 5.91 Å². The average Bonchev–Trinajstić information content (AvgIpc) is 3.44. The first kappa shape index (κ1) is 19.4. The third-order valence-corrected chi connectivity index (χ3v) is 4.91. The molecule has 1 aromatic heterocycles. The predicted molar refractivity (Wildman–Crippen MR) is 112 cm³/mol. The lowest BCUT2D eigenvalue weighted by molar-refractivity contribution is -0.133. The normalized spacial score (nSPS) is 13.2. The Labute approximate surface area is 172 Å². The number of H-pyrrole nitrogens is 1. The minimum absolute atomic E-state index is 0.0142. The molecule has 0 fully saturated rings. The van der Waals surface area contributed by atoms with Crippen molar-refractivity contribution in [3.63, 3.8) is 0 Å². The fourth-order valence-corrected chi connectivity index (χ4v) is 3.34. The minimum atomic E-state index is -0.442. The van der Waals surface area contributed by atoms with E-state index in [4.69, 9.17) is 0 Å². The van der Waals surface area contributed by atoms with Crippen LogP contribution in [0.4, 0.5) is 0 Å². The molecule has 0 radical (unpaired) electrons. The molecule has 0 spiro atoms. The Bertz CT molecular complexity index is 1120. The Morgan fingerprint density at radius 3 is 2.57 bits per heavy atom. The van der Waals surface area contributed by atoms with Crippen LogP contribution in [0.2, 0.25) is 0 Å². The molecular weight excluding hydrogens is 382 g/mol.